The average Bonchev–Trinajstić information content (AvgIpc) is 3.09. The third-order valence-corrected chi connectivity index (χ3v) is 4.65. The van der Waals surface area contributed by atoms with Gasteiger partial charge < -0.3 is 10.1 Å². The molecule has 0 amide bonds. The van der Waals surface area contributed by atoms with Gasteiger partial charge in [0.25, 0.3) is 0 Å². The molecule has 0 aromatic rings. The highest BCUT2D eigenvalue weighted by Gasteiger charge is 2.38. The molecule has 18 heavy (non-hydrogen) atoms. The van der Waals surface area contributed by atoms with Crippen molar-refractivity contribution in [3.8, 4) is 0 Å². The zero-order chi connectivity index (χ0) is 12.5. The molecule has 2 atom stereocenters. The molecule has 3 rings (SSSR count). The van der Waals surface area contributed by atoms with Gasteiger partial charge in [0.2, 0.25) is 0 Å². The number of methoxy groups -OCH3 is 1. The second-order valence-corrected chi connectivity index (χ2v) is 6.13. The summed E-state index contributed by atoms with van der Waals surface area (Å²) in [7, 11) is 1.51. The van der Waals surface area contributed by atoms with E-state index < -0.39 is 0 Å². The third kappa shape index (κ3) is 2.69. The summed E-state index contributed by atoms with van der Waals surface area (Å²) in [5.41, 5.74) is 0. The first-order valence-electron chi connectivity index (χ1n) is 7.34. The standard InChI is InChI=1S/C14H24N2O2/c1-18-14(17)10-7-12(15-11-5-6-11)9-16(8-10)13-3-2-4-13/h10-13,15H,2-9H2,1H3. The molecule has 0 bridgehead atoms. The molecule has 0 spiro atoms. The zero-order valence-electron chi connectivity index (χ0n) is 11.2. The maximum atomic E-state index is 11.8. The van der Waals surface area contributed by atoms with Crippen LogP contribution >= 0.6 is 0 Å². The Labute approximate surface area is 109 Å². The van der Waals surface area contributed by atoms with Crippen molar-refractivity contribution in [1.29, 1.82) is 0 Å². The maximum Gasteiger partial charge on any atom is 0.310 e. The van der Waals surface area contributed by atoms with Crippen LogP contribution < -0.4 is 5.32 Å². The number of carbonyl (C=O) groups excluding carboxylic acids is 1. The van der Waals surface area contributed by atoms with Crippen LogP contribution in [-0.4, -0.2) is 49.2 Å². The number of rotatable bonds is 4. The summed E-state index contributed by atoms with van der Waals surface area (Å²) in [4.78, 5) is 14.3. The Bertz CT molecular complexity index is 313. The van der Waals surface area contributed by atoms with Crippen LogP contribution in [0.1, 0.15) is 38.5 Å². The van der Waals surface area contributed by atoms with Crippen LogP contribution in [0.15, 0.2) is 0 Å². The number of carbonyl (C=O) groups is 1. The summed E-state index contributed by atoms with van der Waals surface area (Å²) >= 11 is 0. The molecular weight excluding hydrogens is 228 g/mol. The van der Waals surface area contributed by atoms with Gasteiger partial charge in [-0.25, -0.2) is 0 Å². The molecule has 1 saturated heterocycles. The summed E-state index contributed by atoms with van der Waals surface area (Å²) < 4.78 is 4.94. The molecule has 2 saturated carbocycles. The smallest absolute Gasteiger partial charge is 0.310 e. The molecule has 3 aliphatic rings. The van der Waals surface area contributed by atoms with Gasteiger partial charge in [-0.3, -0.25) is 9.69 Å². The third-order valence-electron chi connectivity index (χ3n) is 4.65. The molecule has 3 fully saturated rings. The number of nitrogens with zero attached hydrogens (tertiary/aromatic N) is 1. The highest BCUT2D eigenvalue weighted by Crippen LogP contribution is 2.31. The normalized spacial score (nSPS) is 34.1. The van der Waals surface area contributed by atoms with Crippen LogP contribution in [0.2, 0.25) is 0 Å². The average molecular weight is 252 g/mol. The predicted octanol–water partition coefficient (Wildman–Crippen LogP) is 1.15. The summed E-state index contributed by atoms with van der Waals surface area (Å²) in [6.45, 7) is 2.02. The lowest BCUT2D eigenvalue weighted by Gasteiger charge is -2.44. The van der Waals surface area contributed by atoms with E-state index in [2.05, 4.69) is 10.2 Å². The van der Waals surface area contributed by atoms with E-state index in [0.717, 1.165) is 31.6 Å². The molecule has 0 radical (unpaired) electrons. The second kappa shape index (κ2) is 5.17. The molecule has 4 nitrogen and oxygen atoms in total. The van der Waals surface area contributed by atoms with Crippen LogP contribution in [0.25, 0.3) is 0 Å². The summed E-state index contributed by atoms with van der Waals surface area (Å²) in [5.74, 6) is 0.0437. The fourth-order valence-electron chi connectivity index (χ4n) is 3.22. The molecule has 2 unspecified atom stereocenters. The van der Waals surface area contributed by atoms with Crippen LogP contribution in [0.5, 0.6) is 0 Å². The van der Waals surface area contributed by atoms with Crippen molar-refractivity contribution in [2.75, 3.05) is 20.2 Å². The van der Waals surface area contributed by atoms with Gasteiger partial charge >= 0.3 is 5.97 Å². The Morgan fingerprint density at radius 3 is 2.50 bits per heavy atom. The molecule has 1 aliphatic heterocycles. The number of ether oxygens (including phenoxy) is 1. The van der Waals surface area contributed by atoms with E-state index in [-0.39, 0.29) is 11.9 Å². The minimum atomic E-state index is -0.0263. The zero-order valence-corrected chi connectivity index (χ0v) is 11.2. The van der Waals surface area contributed by atoms with Gasteiger partial charge in [0.15, 0.2) is 0 Å². The van der Waals surface area contributed by atoms with Crippen molar-refractivity contribution in [3.05, 3.63) is 0 Å². The van der Waals surface area contributed by atoms with Gasteiger partial charge in [-0.15, -0.1) is 0 Å². The Hall–Kier alpha value is -0.610. The van der Waals surface area contributed by atoms with Gasteiger partial charge in [0, 0.05) is 31.2 Å². The first-order chi connectivity index (χ1) is 8.76. The van der Waals surface area contributed by atoms with E-state index in [9.17, 15) is 4.79 Å². The first kappa shape index (κ1) is 12.4. The van der Waals surface area contributed by atoms with Crippen molar-refractivity contribution in [2.45, 2.75) is 56.7 Å². The molecule has 4 heteroatoms. The lowest BCUT2D eigenvalue weighted by Crippen LogP contribution is -2.56. The van der Waals surface area contributed by atoms with E-state index in [1.807, 2.05) is 0 Å². The van der Waals surface area contributed by atoms with Crippen LogP contribution in [0, 0.1) is 5.92 Å². The molecule has 102 valence electrons. The van der Waals surface area contributed by atoms with E-state index in [4.69, 9.17) is 4.74 Å². The van der Waals surface area contributed by atoms with Crippen LogP contribution in [0.3, 0.4) is 0 Å². The van der Waals surface area contributed by atoms with Crippen molar-refractivity contribution in [2.24, 2.45) is 5.92 Å². The minimum absolute atomic E-state index is 0.0263. The number of hydrogen-bond acceptors (Lipinski definition) is 4. The van der Waals surface area contributed by atoms with Gasteiger partial charge in [0.1, 0.15) is 0 Å². The number of esters is 1. The van der Waals surface area contributed by atoms with Gasteiger partial charge in [-0.05, 0) is 32.1 Å². The first-order valence-corrected chi connectivity index (χ1v) is 7.34. The number of nitrogens with one attached hydrogen (secondary N) is 1. The Kier molecular flexibility index (Phi) is 3.57. The highest BCUT2D eigenvalue weighted by atomic mass is 16.5. The SMILES string of the molecule is COC(=O)C1CC(NC2CC2)CN(C2CCC2)C1. The van der Waals surface area contributed by atoms with Gasteiger partial charge in [0.05, 0.1) is 13.0 Å². The number of piperidine rings is 1. The number of likely N-dealkylation sites (tertiary alicyclic amines) is 1. The molecular formula is C14H24N2O2. The largest absolute Gasteiger partial charge is 0.469 e. The monoisotopic (exact) mass is 252 g/mol. The second-order valence-electron chi connectivity index (χ2n) is 6.13. The van der Waals surface area contributed by atoms with Crippen LogP contribution in [-0.2, 0) is 9.53 Å². The Morgan fingerprint density at radius 2 is 1.94 bits per heavy atom. The highest BCUT2D eigenvalue weighted by molar-refractivity contribution is 5.72. The lowest BCUT2D eigenvalue weighted by molar-refractivity contribution is -0.148. The van der Waals surface area contributed by atoms with Crippen molar-refractivity contribution >= 4 is 5.97 Å². The summed E-state index contributed by atoms with van der Waals surface area (Å²) in [6.07, 6.45) is 7.54. The van der Waals surface area contributed by atoms with E-state index in [1.54, 1.807) is 0 Å². The molecule has 1 N–H and O–H groups in total. The molecule has 1 heterocycles. The van der Waals surface area contributed by atoms with E-state index >= 15 is 0 Å². The molecule has 0 aromatic heterocycles. The quantitative estimate of drug-likeness (QED) is 0.762. The maximum absolute atomic E-state index is 11.8. The summed E-state index contributed by atoms with van der Waals surface area (Å²) in [6, 6.07) is 1.92. The Morgan fingerprint density at radius 1 is 1.17 bits per heavy atom. The minimum Gasteiger partial charge on any atom is -0.469 e. The van der Waals surface area contributed by atoms with E-state index in [0.29, 0.717) is 6.04 Å². The molecule has 0 aromatic carbocycles. The van der Waals surface area contributed by atoms with Crippen LogP contribution in [0.4, 0.5) is 0 Å². The van der Waals surface area contributed by atoms with E-state index in [1.165, 1.54) is 39.2 Å². The van der Waals surface area contributed by atoms with Crippen molar-refractivity contribution < 1.29 is 9.53 Å². The Balaban J connectivity index is 1.61. The lowest BCUT2D eigenvalue weighted by atomic mass is 9.86. The predicted molar refractivity (Wildman–Crippen MR) is 69.3 cm³/mol. The topological polar surface area (TPSA) is 41.6 Å². The summed E-state index contributed by atoms with van der Waals surface area (Å²) in [5, 5.41) is 3.69. The fraction of sp³-hybridized carbons (Fsp3) is 0.929. The molecule has 2 aliphatic carbocycles. The van der Waals surface area contributed by atoms with Gasteiger partial charge in [-0.1, -0.05) is 6.42 Å². The number of hydrogen-bond donors (Lipinski definition) is 1. The van der Waals surface area contributed by atoms with Crippen molar-refractivity contribution in [3.63, 3.8) is 0 Å². The van der Waals surface area contributed by atoms with Gasteiger partial charge in [-0.2, -0.15) is 0 Å². The van der Waals surface area contributed by atoms with Crippen molar-refractivity contribution in [1.82, 2.24) is 10.2 Å². The fourth-order valence-corrected chi connectivity index (χ4v) is 3.22.